The minimum absolute atomic E-state index is 0.000979. The predicted molar refractivity (Wildman–Crippen MR) is 550 cm³/mol. The third-order valence-electron chi connectivity index (χ3n) is 26.6. The SMILES string of the molecule is C=CCCOC(=O)c1c(NC(=O)NCc2c(-n3cccc3)sc3c2CCCC3)sc2c1CCCC2.C=CCCOC(=O)c1c(NC(=O)NCc2c(Br)sc3c2CCCC3)sc2c1CCCC2.C=CCCOC(=O)c1c(NC(=O)NCc2c(C(F)(F)F)sc3c2CCCC3)sc2c1CCCC2.O=C(NCc1c(-n2cccc2)sc2c1CCCC2)Nc1sc2c(c1C(=O)OC1CCCCC1)CCCC2. The van der Waals surface area contributed by atoms with E-state index in [0.29, 0.717) is 107 Å². The van der Waals surface area contributed by atoms with Gasteiger partial charge < -0.3 is 49.3 Å². The molecule has 730 valence electrons. The summed E-state index contributed by atoms with van der Waals surface area (Å²) < 4.78 is 68.5. The highest BCUT2D eigenvalue weighted by Crippen LogP contribution is 2.48. The van der Waals surface area contributed by atoms with Crippen LogP contribution in [0.4, 0.5) is 52.4 Å². The Hall–Kier alpha value is -9.39. The topological polar surface area (TPSA) is 280 Å². The molecule has 8 N–H and O–H groups in total. The Morgan fingerprint density at radius 3 is 0.942 bits per heavy atom. The Bertz CT molecular complexity index is 6010. The fourth-order valence-corrected chi connectivity index (χ4v) is 31.0. The quantitative estimate of drug-likeness (QED) is 0.00984. The Balaban J connectivity index is 0.000000133. The van der Waals surface area contributed by atoms with Crippen LogP contribution in [0.2, 0.25) is 0 Å². The number of amides is 8. The number of halogens is 4. The number of urea groups is 4. The van der Waals surface area contributed by atoms with Crippen molar-refractivity contribution >= 4 is 175 Å². The molecule has 8 amide bonds. The number of carbonyl (C=O) groups excluding carboxylic acids is 8. The molecule has 0 aromatic carbocycles. The summed E-state index contributed by atoms with van der Waals surface area (Å²) in [5, 5.41) is 28.0. The zero-order valence-electron chi connectivity index (χ0n) is 77.4. The normalized spacial score (nSPS) is 15.7. The highest BCUT2D eigenvalue weighted by molar-refractivity contribution is 9.11. The summed E-state index contributed by atoms with van der Waals surface area (Å²) in [7, 11) is 0. The van der Waals surface area contributed by atoms with Crippen molar-refractivity contribution in [3.63, 3.8) is 0 Å². The molecule has 9 aliphatic rings. The fourth-order valence-electron chi connectivity index (χ4n) is 19.8. The monoisotopic (exact) mass is 2080 g/mol. The molecular weight excluding hydrogens is 1960 g/mol. The Kier molecular flexibility index (Phi) is 35.4. The second kappa shape index (κ2) is 48.2. The van der Waals surface area contributed by atoms with Gasteiger partial charge in [0.1, 0.15) is 41.0 Å². The van der Waals surface area contributed by atoms with Gasteiger partial charge in [-0.1, -0.05) is 24.6 Å². The second-order valence-corrected chi connectivity index (χ2v) is 46.0. The fraction of sp³-hybridized carbons (Fsp3) is 0.476. The van der Waals surface area contributed by atoms with Gasteiger partial charge in [0.15, 0.2) is 0 Å². The highest BCUT2D eigenvalue weighted by atomic mass is 79.9. The molecule has 0 saturated heterocycles. The number of alkyl halides is 3. The molecule has 0 spiro atoms. The molecule has 0 unspecified atom stereocenters. The number of hydrogen-bond acceptors (Lipinski definition) is 20. The van der Waals surface area contributed by atoms with E-state index in [1.54, 1.807) is 40.9 Å². The summed E-state index contributed by atoms with van der Waals surface area (Å²) in [6.45, 7) is 12.9. The van der Waals surface area contributed by atoms with Gasteiger partial charge in [0.05, 0.1) is 45.9 Å². The largest absolute Gasteiger partial charge is 0.462 e. The van der Waals surface area contributed by atoms with Crippen molar-refractivity contribution in [2.45, 2.75) is 295 Å². The summed E-state index contributed by atoms with van der Waals surface area (Å²) in [5.41, 5.74) is 14.8. The molecule has 0 bridgehead atoms. The van der Waals surface area contributed by atoms with E-state index in [-0.39, 0.29) is 60.8 Å². The number of rotatable bonds is 28. The number of fused-ring (bicyclic) bond motifs is 8. The maximum Gasteiger partial charge on any atom is 0.425 e. The summed E-state index contributed by atoms with van der Waals surface area (Å²) in [6, 6.07) is 6.64. The Morgan fingerprint density at radius 1 is 0.343 bits per heavy atom. The predicted octanol–water partition coefficient (Wildman–Crippen LogP) is 26.6. The lowest BCUT2D eigenvalue weighted by Crippen LogP contribution is -2.29. The van der Waals surface area contributed by atoms with Crippen LogP contribution in [0, 0.1) is 0 Å². The van der Waals surface area contributed by atoms with Crippen molar-refractivity contribution in [3.8, 4) is 10.0 Å². The molecule has 10 aromatic rings. The molecule has 1 fully saturated rings. The van der Waals surface area contributed by atoms with E-state index < -0.39 is 23.1 Å². The van der Waals surface area contributed by atoms with Gasteiger partial charge in [0.25, 0.3) is 0 Å². The van der Waals surface area contributed by atoms with E-state index in [1.165, 1.54) is 152 Å². The zero-order chi connectivity index (χ0) is 95.5. The molecule has 9 aliphatic carbocycles. The van der Waals surface area contributed by atoms with Gasteiger partial charge in [-0.15, -0.1) is 110 Å². The van der Waals surface area contributed by atoms with Crippen LogP contribution in [-0.4, -0.2) is 83.1 Å². The van der Waals surface area contributed by atoms with Crippen LogP contribution in [0.5, 0.6) is 0 Å². The van der Waals surface area contributed by atoms with E-state index in [1.807, 2.05) is 46.9 Å². The Morgan fingerprint density at radius 2 is 0.613 bits per heavy atom. The molecule has 19 rings (SSSR count). The van der Waals surface area contributed by atoms with Crippen LogP contribution in [0.1, 0.15) is 306 Å². The first-order chi connectivity index (χ1) is 66.7. The lowest BCUT2D eigenvalue weighted by molar-refractivity contribution is -0.135. The van der Waals surface area contributed by atoms with Gasteiger partial charge in [0.2, 0.25) is 0 Å². The van der Waals surface area contributed by atoms with E-state index in [4.69, 9.17) is 18.9 Å². The standard InChI is InChI=1S/C29H35N3O3S2.C27H31N3O3S2.C24H27F3N2O3S2.C23H27BrN2O3S2/c33-28(35-19-10-2-1-3-11-19)25-21-13-5-7-15-24(21)36-26(25)31-29(34)30-18-22-20-12-4-6-14-23(20)37-27(22)32-16-8-9-17-32;1-2-3-16-33-26(31)23-19-11-5-7-13-22(19)34-24(23)29-27(32)28-17-20-18-10-4-6-12-21(18)35-25(20)30-14-8-9-15-30;1-2-3-12-32-22(30)19-15-9-5-7-11-18(15)34-21(19)29-23(31)28-13-16-14-8-4-6-10-17(14)33-20(16)24(25,26)27;1-2-3-12-29-22(27)19-15-9-5-7-11-18(15)31-21(19)26-23(28)25-13-16-14-8-4-6-10-17(14)30-20(16)24/h8-9,16-17,19H,1-7,10-15,18H2,(H2,30,31,34);2,8-9,14-15H,1,3-7,10-13,16-17H2,(H2,28,29,32);2H,1,3-13H2,(H2,28,29,31);2H,1,3-13H2,(H2,25,26,28). The minimum Gasteiger partial charge on any atom is -0.462 e. The van der Waals surface area contributed by atoms with Crippen molar-refractivity contribution in [1.82, 2.24) is 30.4 Å². The summed E-state index contributed by atoms with van der Waals surface area (Å²) in [5.74, 6) is -1.47. The number of ether oxygens (including phenoxy) is 4. The Labute approximate surface area is 838 Å². The van der Waals surface area contributed by atoms with E-state index >= 15 is 0 Å². The molecule has 22 nitrogen and oxygen atoms in total. The summed E-state index contributed by atoms with van der Waals surface area (Å²) >= 11 is 15.8. The van der Waals surface area contributed by atoms with E-state index in [0.717, 1.165) is 232 Å². The van der Waals surface area contributed by atoms with E-state index in [9.17, 15) is 51.5 Å². The zero-order valence-corrected chi connectivity index (χ0v) is 85.5. The van der Waals surface area contributed by atoms with Gasteiger partial charge in [0, 0.05) is 101 Å². The molecule has 34 heteroatoms. The van der Waals surface area contributed by atoms with Gasteiger partial charge >= 0.3 is 54.2 Å². The highest BCUT2D eigenvalue weighted by Gasteiger charge is 2.40. The number of hydrogen-bond donors (Lipinski definition) is 8. The number of aromatic nitrogens is 2. The van der Waals surface area contributed by atoms with Gasteiger partial charge in [-0.05, 0) is 346 Å². The molecule has 0 aliphatic heterocycles. The lowest BCUT2D eigenvalue weighted by atomic mass is 9.94. The number of nitrogens with one attached hydrogen (secondary N) is 8. The number of esters is 4. The maximum atomic E-state index is 13.6. The van der Waals surface area contributed by atoms with Gasteiger partial charge in [-0.2, -0.15) is 13.2 Å². The van der Waals surface area contributed by atoms with Crippen LogP contribution < -0.4 is 42.5 Å². The summed E-state index contributed by atoms with van der Waals surface area (Å²) in [4.78, 5) is 113. The number of nitrogens with zero attached hydrogens (tertiary/aromatic N) is 2. The van der Waals surface area contributed by atoms with Crippen molar-refractivity contribution in [2.24, 2.45) is 0 Å². The van der Waals surface area contributed by atoms with Crippen molar-refractivity contribution < 1.29 is 70.5 Å². The van der Waals surface area contributed by atoms with E-state index in [2.05, 4.69) is 112 Å². The van der Waals surface area contributed by atoms with Crippen molar-refractivity contribution in [3.05, 3.63) is 224 Å². The third-order valence-corrected chi connectivity index (χ3v) is 37.6. The molecule has 10 aromatic heterocycles. The summed E-state index contributed by atoms with van der Waals surface area (Å²) in [6.07, 6.45) is 48.3. The number of anilines is 4. The first-order valence-electron chi connectivity index (χ1n) is 48.6. The van der Waals surface area contributed by atoms with Crippen LogP contribution in [-0.2, 0) is 154 Å². The smallest absolute Gasteiger partial charge is 0.425 e. The molecular formula is C103H120BrF3N10O12S8. The number of aryl methyl sites for hydroxylation is 8. The van der Waals surface area contributed by atoms with Crippen LogP contribution >= 0.6 is 107 Å². The number of thiophene rings is 8. The van der Waals surface area contributed by atoms with Crippen molar-refractivity contribution in [2.75, 3.05) is 41.1 Å². The average Bonchev–Trinajstić information content (AvgIpc) is 1.62. The average molecular weight is 2080 g/mol. The first kappa shape index (κ1) is 101. The minimum atomic E-state index is -4.45. The molecule has 137 heavy (non-hydrogen) atoms. The van der Waals surface area contributed by atoms with Crippen LogP contribution in [0.3, 0.4) is 0 Å². The van der Waals surface area contributed by atoms with Crippen LogP contribution in [0.25, 0.3) is 10.0 Å². The second-order valence-electron chi connectivity index (χ2n) is 35.8. The molecule has 10 heterocycles. The lowest BCUT2D eigenvalue weighted by Gasteiger charge is -2.22. The number of carbonyl (C=O) groups is 8. The third kappa shape index (κ3) is 24.8. The van der Waals surface area contributed by atoms with Gasteiger partial charge in [-0.25, -0.2) is 38.4 Å². The molecule has 0 atom stereocenters. The molecule has 1 saturated carbocycles. The maximum absolute atomic E-state index is 13.6. The van der Waals surface area contributed by atoms with Gasteiger partial charge in [-0.3, -0.25) is 21.3 Å². The van der Waals surface area contributed by atoms with Crippen LogP contribution in [0.15, 0.2) is 90.8 Å². The van der Waals surface area contributed by atoms with Crippen molar-refractivity contribution in [1.29, 1.82) is 0 Å². The molecule has 0 radical (unpaired) electrons. The first-order valence-corrected chi connectivity index (χ1v) is 55.9.